The number of rotatable bonds is 0. The molecule has 0 fully saturated rings. The average molecular weight is 258 g/mol. The van der Waals surface area contributed by atoms with Crippen molar-refractivity contribution in [2.45, 2.75) is 45.4 Å². The quantitative estimate of drug-likeness (QED) is 0.715. The molecule has 2 aliphatic carbocycles. The van der Waals surface area contributed by atoms with Gasteiger partial charge in [-0.25, -0.2) is 0 Å². The van der Waals surface area contributed by atoms with Crippen LogP contribution in [0.5, 0.6) is 11.5 Å². The zero-order valence-corrected chi connectivity index (χ0v) is 11.4. The number of hydrogen-bond donors (Lipinski definition) is 0. The van der Waals surface area contributed by atoms with Gasteiger partial charge < -0.3 is 9.47 Å². The van der Waals surface area contributed by atoms with Crippen LogP contribution >= 0.6 is 0 Å². The summed E-state index contributed by atoms with van der Waals surface area (Å²) in [6.07, 6.45) is 4.09. The van der Waals surface area contributed by atoms with E-state index in [0.717, 1.165) is 29.0 Å². The Hall–Kier alpha value is -1.51. The van der Waals surface area contributed by atoms with E-state index in [1.165, 1.54) is 24.0 Å². The van der Waals surface area contributed by atoms with E-state index in [1.54, 1.807) is 0 Å². The van der Waals surface area contributed by atoms with E-state index in [4.69, 9.17) is 9.47 Å². The molecular weight excluding hydrogens is 240 g/mol. The molecule has 1 aromatic rings. The molecule has 1 heterocycles. The van der Waals surface area contributed by atoms with E-state index in [2.05, 4.69) is 6.92 Å². The maximum atomic E-state index is 12.5. The minimum absolute atomic E-state index is 0.290. The predicted octanol–water partition coefficient (Wildman–Crippen LogP) is 3.37. The Morgan fingerprint density at radius 2 is 2.00 bits per heavy atom. The Morgan fingerprint density at radius 3 is 2.84 bits per heavy atom. The fourth-order valence-corrected chi connectivity index (χ4v) is 4.14. The Kier molecular flexibility index (Phi) is 2.23. The summed E-state index contributed by atoms with van der Waals surface area (Å²) < 4.78 is 11.3. The maximum Gasteiger partial charge on any atom is 0.231 e. The minimum atomic E-state index is 0.290. The van der Waals surface area contributed by atoms with Crippen molar-refractivity contribution in [1.82, 2.24) is 0 Å². The Bertz CT molecular complexity index is 588. The third-order valence-corrected chi connectivity index (χ3v) is 4.98. The van der Waals surface area contributed by atoms with Gasteiger partial charge in [0.25, 0.3) is 0 Å². The number of fused-ring (bicyclic) bond motifs is 2. The zero-order valence-electron chi connectivity index (χ0n) is 11.4. The smallest absolute Gasteiger partial charge is 0.231 e. The van der Waals surface area contributed by atoms with Gasteiger partial charge in [-0.05, 0) is 43.6 Å². The summed E-state index contributed by atoms with van der Waals surface area (Å²) in [5, 5.41) is 0. The lowest BCUT2D eigenvalue weighted by Gasteiger charge is -2.37. The molecule has 3 nitrogen and oxygen atoms in total. The fourth-order valence-electron chi connectivity index (χ4n) is 4.14. The molecule has 19 heavy (non-hydrogen) atoms. The van der Waals surface area contributed by atoms with Gasteiger partial charge in [0.2, 0.25) is 6.79 Å². The van der Waals surface area contributed by atoms with Crippen LogP contribution in [0, 0.1) is 12.8 Å². The lowest BCUT2D eigenvalue weighted by molar-refractivity contribution is 0.0937. The van der Waals surface area contributed by atoms with Crippen LogP contribution in [0.2, 0.25) is 0 Å². The second kappa shape index (κ2) is 3.75. The van der Waals surface area contributed by atoms with Gasteiger partial charge in [-0.15, -0.1) is 0 Å². The largest absolute Gasteiger partial charge is 0.453 e. The SMILES string of the molecule is Cc1c2c(c3c4c1C(=O)C[C@H](C)[C@H]4CCC3)OCO2. The summed E-state index contributed by atoms with van der Waals surface area (Å²) in [6.45, 7) is 4.50. The molecule has 3 aliphatic rings. The van der Waals surface area contributed by atoms with Crippen molar-refractivity contribution in [2.24, 2.45) is 5.92 Å². The first-order valence-electron chi connectivity index (χ1n) is 7.16. The van der Waals surface area contributed by atoms with Crippen molar-refractivity contribution in [3.8, 4) is 11.5 Å². The highest BCUT2D eigenvalue weighted by atomic mass is 16.7. The first-order chi connectivity index (χ1) is 9.18. The Morgan fingerprint density at radius 1 is 1.21 bits per heavy atom. The lowest BCUT2D eigenvalue weighted by atomic mass is 9.67. The van der Waals surface area contributed by atoms with Gasteiger partial charge in [0, 0.05) is 23.1 Å². The van der Waals surface area contributed by atoms with Crippen molar-refractivity contribution in [2.75, 3.05) is 6.79 Å². The molecular formula is C16H18O3. The topological polar surface area (TPSA) is 35.5 Å². The van der Waals surface area contributed by atoms with Crippen LogP contribution in [0.25, 0.3) is 0 Å². The molecule has 4 rings (SSSR count). The number of carbonyl (C=O) groups is 1. The number of hydrogen-bond acceptors (Lipinski definition) is 3. The first-order valence-corrected chi connectivity index (χ1v) is 7.16. The third-order valence-electron chi connectivity index (χ3n) is 4.98. The standard InChI is InChI=1S/C16H18O3/c1-8-6-12(17)13-9(2)15-16(19-7-18-15)11-5-3-4-10(8)14(11)13/h8,10H,3-7H2,1-2H3/t8-,10+/m0/s1. The summed E-state index contributed by atoms with van der Waals surface area (Å²) >= 11 is 0. The van der Waals surface area contributed by atoms with Crippen molar-refractivity contribution >= 4 is 5.78 Å². The lowest BCUT2D eigenvalue weighted by Crippen LogP contribution is -2.28. The third kappa shape index (κ3) is 1.36. The molecule has 1 aliphatic heterocycles. The van der Waals surface area contributed by atoms with E-state index in [1.807, 2.05) is 6.92 Å². The van der Waals surface area contributed by atoms with Gasteiger partial charge in [0.15, 0.2) is 17.3 Å². The number of ketones is 1. The summed E-state index contributed by atoms with van der Waals surface area (Å²) in [5.74, 6) is 3.02. The Balaban J connectivity index is 2.07. The summed E-state index contributed by atoms with van der Waals surface area (Å²) in [5.41, 5.74) is 4.48. The van der Waals surface area contributed by atoms with Crippen molar-refractivity contribution in [3.63, 3.8) is 0 Å². The van der Waals surface area contributed by atoms with E-state index >= 15 is 0 Å². The van der Waals surface area contributed by atoms with Gasteiger partial charge in [-0.3, -0.25) is 4.79 Å². The van der Waals surface area contributed by atoms with E-state index < -0.39 is 0 Å². The molecule has 0 bridgehead atoms. The molecule has 100 valence electrons. The van der Waals surface area contributed by atoms with Crippen LogP contribution in [0.1, 0.15) is 59.2 Å². The van der Waals surface area contributed by atoms with Crippen LogP contribution < -0.4 is 9.47 Å². The highest BCUT2D eigenvalue weighted by Gasteiger charge is 2.40. The van der Waals surface area contributed by atoms with Crippen molar-refractivity contribution < 1.29 is 14.3 Å². The number of carbonyl (C=O) groups excluding carboxylic acids is 1. The normalized spacial score (nSPS) is 27.4. The van der Waals surface area contributed by atoms with Gasteiger partial charge in [0.05, 0.1) is 0 Å². The highest BCUT2D eigenvalue weighted by Crippen LogP contribution is 2.53. The van der Waals surface area contributed by atoms with E-state index in [9.17, 15) is 4.79 Å². The van der Waals surface area contributed by atoms with Crippen molar-refractivity contribution in [1.29, 1.82) is 0 Å². The molecule has 0 unspecified atom stereocenters. The summed E-state index contributed by atoms with van der Waals surface area (Å²) in [6, 6.07) is 0. The molecule has 0 radical (unpaired) electrons. The van der Waals surface area contributed by atoms with E-state index in [0.29, 0.717) is 25.0 Å². The van der Waals surface area contributed by atoms with E-state index in [-0.39, 0.29) is 5.78 Å². The molecule has 0 aromatic heterocycles. The molecule has 0 amide bonds. The van der Waals surface area contributed by atoms with Crippen LogP contribution in [0.15, 0.2) is 0 Å². The summed E-state index contributed by atoms with van der Waals surface area (Å²) in [4.78, 5) is 12.5. The highest BCUT2D eigenvalue weighted by molar-refractivity contribution is 6.02. The van der Waals surface area contributed by atoms with Crippen LogP contribution in [0.4, 0.5) is 0 Å². The van der Waals surface area contributed by atoms with Gasteiger partial charge in [-0.2, -0.15) is 0 Å². The number of benzene rings is 1. The predicted molar refractivity (Wildman–Crippen MR) is 71.1 cm³/mol. The molecule has 0 saturated carbocycles. The second-order valence-electron chi connectivity index (χ2n) is 6.06. The summed E-state index contributed by atoms with van der Waals surface area (Å²) in [7, 11) is 0. The second-order valence-corrected chi connectivity index (χ2v) is 6.06. The first kappa shape index (κ1) is 11.3. The van der Waals surface area contributed by atoms with Crippen molar-refractivity contribution in [3.05, 3.63) is 22.3 Å². The van der Waals surface area contributed by atoms with Gasteiger partial charge >= 0.3 is 0 Å². The molecule has 3 heteroatoms. The van der Waals surface area contributed by atoms with Crippen LogP contribution in [0.3, 0.4) is 0 Å². The minimum Gasteiger partial charge on any atom is -0.453 e. The Labute approximate surface area is 112 Å². The maximum absolute atomic E-state index is 12.5. The molecule has 1 aromatic carbocycles. The average Bonchev–Trinajstić information content (AvgIpc) is 2.87. The van der Waals surface area contributed by atoms with Gasteiger partial charge in [-0.1, -0.05) is 6.92 Å². The molecule has 0 N–H and O–H groups in total. The number of ether oxygens (including phenoxy) is 2. The molecule has 0 spiro atoms. The molecule has 2 atom stereocenters. The van der Waals surface area contributed by atoms with Gasteiger partial charge in [0.1, 0.15) is 0 Å². The monoisotopic (exact) mass is 258 g/mol. The molecule has 0 saturated heterocycles. The van der Waals surface area contributed by atoms with Crippen LogP contribution in [-0.2, 0) is 6.42 Å². The van der Waals surface area contributed by atoms with Crippen LogP contribution in [-0.4, -0.2) is 12.6 Å². The number of Topliss-reactive ketones (excluding diaryl/α,β-unsaturated/α-hetero) is 1. The zero-order chi connectivity index (χ0) is 13.1. The fraction of sp³-hybridized carbons (Fsp3) is 0.562.